The molecule has 0 aromatic carbocycles. The van der Waals surface area contributed by atoms with E-state index >= 15 is 0 Å². The third-order valence-corrected chi connectivity index (χ3v) is 3.32. The van der Waals surface area contributed by atoms with Gasteiger partial charge in [-0.15, -0.1) is 0 Å². The molecule has 80 valence electrons. The van der Waals surface area contributed by atoms with Crippen molar-refractivity contribution in [2.24, 2.45) is 5.92 Å². The Morgan fingerprint density at radius 1 is 1.64 bits per heavy atom. The predicted octanol–water partition coefficient (Wildman–Crippen LogP) is -0.109. The van der Waals surface area contributed by atoms with Gasteiger partial charge in [-0.25, -0.2) is 0 Å². The molecule has 0 radical (unpaired) electrons. The van der Waals surface area contributed by atoms with Crippen molar-refractivity contribution in [3.63, 3.8) is 0 Å². The SMILES string of the molecule is CCC1(NC(=O)C2CNC2)CCOC1. The third kappa shape index (κ3) is 1.77. The number of hydrogen-bond donors (Lipinski definition) is 2. The minimum absolute atomic E-state index is 0.0767. The summed E-state index contributed by atoms with van der Waals surface area (Å²) in [5.74, 6) is 0.370. The van der Waals surface area contributed by atoms with E-state index in [-0.39, 0.29) is 17.4 Å². The summed E-state index contributed by atoms with van der Waals surface area (Å²) in [7, 11) is 0. The van der Waals surface area contributed by atoms with Crippen molar-refractivity contribution in [3.05, 3.63) is 0 Å². The Bertz CT molecular complexity index is 220. The van der Waals surface area contributed by atoms with Gasteiger partial charge in [-0.1, -0.05) is 6.92 Å². The predicted molar refractivity (Wildman–Crippen MR) is 53.0 cm³/mol. The van der Waals surface area contributed by atoms with E-state index in [0.29, 0.717) is 6.61 Å². The molecule has 14 heavy (non-hydrogen) atoms. The lowest BCUT2D eigenvalue weighted by Crippen LogP contribution is -2.57. The highest BCUT2D eigenvalue weighted by Crippen LogP contribution is 2.23. The molecule has 4 nitrogen and oxygen atoms in total. The second-order valence-electron chi connectivity index (χ2n) is 4.28. The zero-order valence-electron chi connectivity index (χ0n) is 8.64. The molecule has 0 saturated carbocycles. The number of rotatable bonds is 3. The zero-order chi connectivity index (χ0) is 10.0. The van der Waals surface area contributed by atoms with E-state index in [1.54, 1.807) is 0 Å². The summed E-state index contributed by atoms with van der Waals surface area (Å²) in [6.07, 6.45) is 1.91. The fraction of sp³-hybridized carbons (Fsp3) is 0.900. The molecule has 2 aliphatic rings. The Hall–Kier alpha value is -0.610. The molecule has 0 bridgehead atoms. The van der Waals surface area contributed by atoms with E-state index in [1.807, 2.05) is 0 Å². The van der Waals surface area contributed by atoms with Crippen LogP contribution >= 0.6 is 0 Å². The largest absolute Gasteiger partial charge is 0.379 e. The van der Waals surface area contributed by atoms with Gasteiger partial charge in [0.05, 0.1) is 18.1 Å². The normalized spacial score (nSPS) is 32.6. The highest BCUT2D eigenvalue weighted by atomic mass is 16.5. The van der Waals surface area contributed by atoms with Crippen molar-refractivity contribution in [1.29, 1.82) is 0 Å². The second-order valence-corrected chi connectivity index (χ2v) is 4.28. The Kier molecular flexibility index (Phi) is 2.74. The maximum Gasteiger partial charge on any atom is 0.226 e. The van der Waals surface area contributed by atoms with Gasteiger partial charge in [0, 0.05) is 19.7 Å². The number of amides is 1. The molecule has 1 unspecified atom stereocenters. The summed E-state index contributed by atoms with van der Waals surface area (Å²) < 4.78 is 5.35. The second kappa shape index (κ2) is 3.87. The first-order valence-electron chi connectivity index (χ1n) is 5.36. The van der Waals surface area contributed by atoms with E-state index in [4.69, 9.17) is 4.74 Å². The van der Waals surface area contributed by atoms with Gasteiger partial charge in [0.1, 0.15) is 0 Å². The van der Waals surface area contributed by atoms with Crippen LogP contribution in [0.3, 0.4) is 0 Å². The van der Waals surface area contributed by atoms with Crippen LogP contribution in [-0.4, -0.2) is 37.7 Å². The van der Waals surface area contributed by atoms with Crippen LogP contribution in [0.5, 0.6) is 0 Å². The molecular weight excluding hydrogens is 180 g/mol. The van der Waals surface area contributed by atoms with Crippen molar-refractivity contribution >= 4 is 5.91 Å². The highest BCUT2D eigenvalue weighted by Gasteiger charge is 2.37. The van der Waals surface area contributed by atoms with E-state index in [0.717, 1.165) is 32.5 Å². The maximum atomic E-state index is 11.7. The standard InChI is InChI=1S/C10H18N2O2/c1-2-10(3-4-14-7-10)12-9(13)8-5-11-6-8/h8,11H,2-7H2,1H3,(H,12,13). The van der Waals surface area contributed by atoms with Crippen LogP contribution in [0.1, 0.15) is 19.8 Å². The maximum absolute atomic E-state index is 11.7. The topological polar surface area (TPSA) is 50.4 Å². The van der Waals surface area contributed by atoms with Gasteiger partial charge in [-0.3, -0.25) is 4.79 Å². The van der Waals surface area contributed by atoms with Crippen molar-refractivity contribution in [3.8, 4) is 0 Å². The smallest absolute Gasteiger partial charge is 0.226 e. The fourth-order valence-corrected chi connectivity index (χ4v) is 1.91. The zero-order valence-corrected chi connectivity index (χ0v) is 8.64. The van der Waals surface area contributed by atoms with Crippen molar-refractivity contribution in [1.82, 2.24) is 10.6 Å². The lowest BCUT2D eigenvalue weighted by atomic mass is 9.93. The van der Waals surface area contributed by atoms with Gasteiger partial charge in [-0.2, -0.15) is 0 Å². The van der Waals surface area contributed by atoms with Crippen LogP contribution < -0.4 is 10.6 Å². The van der Waals surface area contributed by atoms with Crippen LogP contribution in [0.15, 0.2) is 0 Å². The Morgan fingerprint density at radius 3 is 2.86 bits per heavy atom. The molecule has 0 spiro atoms. The molecule has 2 aliphatic heterocycles. The van der Waals surface area contributed by atoms with Gasteiger partial charge in [-0.05, 0) is 12.8 Å². The third-order valence-electron chi connectivity index (χ3n) is 3.32. The van der Waals surface area contributed by atoms with Crippen LogP contribution in [-0.2, 0) is 9.53 Å². The molecule has 2 rings (SSSR count). The van der Waals surface area contributed by atoms with Gasteiger partial charge >= 0.3 is 0 Å². The average molecular weight is 198 g/mol. The molecule has 2 fully saturated rings. The minimum Gasteiger partial charge on any atom is -0.379 e. The molecule has 4 heteroatoms. The number of ether oxygens (including phenoxy) is 1. The van der Waals surface area contributed by atoms with Crippen LogP contribution in [0.2, 0.25) is 0 Å². The first kappa shape index (κ1) is 9.93. The molecule has 2 heterocycles. The molecule has 2 N–H and O–H groups in total. The fourth-order valence-electron chi connectivity index (χ4n) is 1.91. The monoisotopic (exact) mass is 198 g/mol. The van der Waals surface area contributed by atoms with Gasteiger partial charge in [0.15, 0.2) is 0 Å². The van der Waals surface area contributed by atoms with Crippen molar-refractivity contribution in [2.75, 3.05) is 26.3 Å². The number of carbonyl (C=O) groups excluding carboxylic acids is 1. The average Bonchev–Trinajstić information content (AvgIpc) is 2.50. The summed E-state index contributed by atoms with van der Waals surface area (Å²) >= 11 is 0. The van der Waals surface area contributed by atoms with Gasteiger partial charge in [0.25, 0.3) is 0 Å². The molecule has 1 amide bonds. The lowest BCUT2D eigenvalue weighted by molar-refractivity contribution is -0.128. The Labute approximate surface area is 84.4 Å². The van der Waals surface area contributed by atoms with Crippen LogP contribution in [0, 0.1) is 5.92 Å². The molecule has 2 saturated heterocycles. The minimum atomic E-state index is -0.0767. The molecular formula is C10H18N2O2. The first-order chi connectivity index (χ1) is 6.76. The summed E-state index contributed by atoms with van der Waals surface area (Å²) in [5.41, 5.74) is -0.0767. The molecule has 0 aliphatic carbocycles. The summed E-state index contributed by atoms with van der Waals surface area (Å²) in [5, 5.41) is 6.25. The van der Waals surface area contributed by atoms with E-state index in [2.05, 4.69) is 17.6 Å². The van der Waals surface area contributed by atoms with Gasteiger partial charge < -0.3 is 15.4 Å². The van der Waals surface area contributed by atoms with Crippen LogP contribution in [0.25, 0.3) is 0 Å². The summed E-state index contributed by atoms with van der Waals surface area (Å²) in [4.78, 5) is 11.7. The summed E-state index contributed by atoms with van der Waals surface area (Å²) in [6.45, 7) is 5.21. The lowest BCUT2D eigenvalue weighted by Gasteiger charge is -2.33. The van der Waals surface area contributed by atoms with Crippen LogP contribution in [0.4, 0.5) is 0 Å². The Balaban J connectivity index is 1.89. The number of hydrogen-bond acceptors (Lipinski definition) is 3. The Morgan fingerprint density at radius 2 is 2.43 bits per heavy atom. The van der Waals surface area contributed by atoms with Gasteiger partial charge in [0.2, 0.25) is 5.91 Å². The number of carbonyl (C=O) groups is 1. The molecule has 1 atom stereocenters. The van der Waals surface area contributed by atoms with Crippen molar-refractivity contribution in [2.45, 2.75) is 25.3 Å². The number of nitrogens with one attached hydrogen (secondary N) is 2. The first-order valence-corrected chi connectivity index (χ1v) is 5.36. The van der Waals surface area contributed by atoms with Crippen molar-refractivity contribution < 1.29 is 9.53 Å². The van der Waals surface area contributed by atoms with E-state index in [9.17, 15) is 4.79 Å². The van der Waals surface area contributed by atoms with E-state index in [1.165, 1.54) is 0 Å². The molecule has 0 aromatic rings. The summed E-state index contributed by atoms with van der Waals surface area (Å²) in [6, 6.07) is 0. The van der Waals surface area contributed by atoms with E-state index < -0.39 is 0 Å². The highest BCUT2D eigenvalue weighted by molar-refractivity contribution is 5.80. The molecule has 0 aromatic heterocycles. The quantitative estimate of drug-likeness (QED) is 0.665.